The van der Waals surface area contributed by atoms with E-state index >= 15 is 0 Å². The molecule has 2 atom stereocenters. The summed E-state index contributed by atoms with van der Waals surface area (Å²) < 4.78 is 5.55. The molecule has 0 radical (unpaired) electrons. The SMILES string of the molecule is COC1(C)CC(NC(=O)NCc2cccnc2)C1(C)C. The average Bonchev–Trinajstić information content (AvgIpc) is 2.45. The van der Waals surface area contributed by atoms with Gasteiger partial charge in [0.05, 0.1) is 5.60 Å². The number of pyridine rings is 1. The highest BCUT2D eigenvalue weighted by Crippen LogP contribution is 2.51. The van der Waals surface area contributed by atoms with Gasteiger partial charge in [-0.1, -0.05) is 19.9 Å². The summed E-state index contributed by atoms with van der Waals surface area (Å²) >= 11 is 0. The molecule has 2 amide bonds. The summed E-state index contributed by atoms with van der Waals surface area (Å²) in [5.41, 5.74) is 0.735. The van der Waals surface area contributed by atoms with Crippen LogP contribution in [0.5, 0.6) is 0 Å². The van der Waals surface area contributed by atoms with Crippen molar-refractivity contribution in [3.63, 3.8) is 0 Å². The quantitative estimate of drug-likeness (QED) is 0.885. The fraction of sp³-hybridized carbons (Fsp3) is 0.600. The van der Waals surface area contributed by atoms with Gasteiger partial charge in [-0.25, -0.2) is 4.79 Å². The van der Waals surface area contributed by atoms with Gasteiger partial charge in [-0.15, -0.1) is 0 Å². The Morgan fingerprint density at radius 2 is 2.25 bits per heavy atom. The predicted molar refractivity (Wildman–Crippen MR) is 77.2 cm³/mol. The minimum atomic E-state index is -0.172. The molecule has 0 aromatic carbocycles. The molecule has 2 rings (SSSR count). The van der Waals surface area contributed by atoms with Crippen molar-refractivity contribution in [2.45, 2.75) is 45.4 Å². The molecule has 1 aromatic heterocycles. The van der Waals surface area contributed by atoms with E-state index in [-0.39, 0.29) is 23.1 Å². The maximum absolute atomic E-state index is 11.9. The number of carbonyl (C=O) groups is 1. The number of urea groups is 1. The van der Waals surface area contributed by atoms with Crippen molar-refractivity contribution in [2.75, 3.05) is 7.11 Å². The summed E-state index contributed by atoms with van der Waals surface area (Å²) in [5, 5.41) is 5.87. The van der Waals surface area contributed by atoms with Crippen LogP contribution >= 0.6 is 0 Å². The van der Waals surface area contributed by atoms with Crippen LogP contribution < -0.4 is 10.6 Å². The van der Waals surface area contributed by atoms with Crippen LogP contribution in [0.1, 0.15) is 32.8 Å². The standard InChI is InChI=1S/C15H23N3O2/c1-14(2)12(8-15(14,3)20-4)18-13(19)17-10-11-6-5-7-16-9-11/h5-7,9,12H,8,10H2,1-4H3,(H2,17,18,19). The summed E-state index contributed by atoms with van der Waals surface area (Å²) in [4.78, 5) is 15.9. The number of methoxy groups -OCH3 is 1. The third-order valence-electron chi connectivity index (χ3n) is 4.76. The van der Waals surface area contributed by atoms with Crippen molar-refractivity contribution in [3.05, 3.63) is 30.1 Å². The lowest BCUT2D eigenvalue weighted by atomic mass is 9.56. The Morgan fingerprint density at radius 1 is 1.50 bits per heavy atom. The van der Waals surface area contributed by atoms with Gasteiger partial charge < -0.3 is 15.4 Å². The van der Waals surface area contributed by atoms with E-state index in [1.165, 1.54) is 0 Å². The van der Waals surface area contributed by atoms with Gasteiger partial charge in [-0.2, -0.15) is 0 Å². The molecule has 20 heavy (non-hydrogen) atoms. The molecule has 110 valence electrons. The van der Waals surface area contributed by atoms with Crippen molar-refractivity contribution in [3.8, 4) is 0 Å². The Balaban J connectivity index is 1.82. The summed E-state index contributed by atoms with van der Waals surface area (Å²) in [6.45, 7) is 6.80. The first-order chi connectivity index (χ1) is 9.39. The second kappa shape index (κ2) is 5.40. The molecule has 0 bridgehead atoms. The molecule has 0 aliphatic heterocycles. The van der Waals surface area contributed by atoms with E-state index in [9.17, 15) is 4.79 Å². The Morgan fingerprint density at radius 3 is 2.80 bits per heavy atom. The zero-order chi connectivity index (χ0) is 14.8. The van der Waals surface area contributed by atoms with Gasteiger partial charge in [0, 0.05) is 37.5 Å². The highest BCUT2D eigenvalue weighted by Gasteiger charge is 2.58. The molecule has 1 aliphatic rings. The van der Waals surface area contributed by atoms with E-state index < -0.39 is 0 Å². The third kappa shape index (κ3) is 2.63. The highest BCUT2D eigenvalue weighted by molar-refractivity contribution is 5.74. The van der Waals surface area contributed by atoms with Crippen LogP contribution in [0.25, 0.3) is 0 Å². The number of carbonyl (C=O) groups excluding carboxylic acids is 1. The van der Waals surface area contributed by atoms with Crippen LogP contribution in [0, 0.1) is 5.41 Å². The molecular weight excluding hydrogens is 254 g/mol. The van der Waals surface area contributed by atoms with Gasteiger partial charge >= 0.3 is 6.03 Å². The van der Waals surface area contributed by atoms with Crippen LogP contribution in [-0.4, -0.2) is 29.8 Å². The molecule has 0 spiro atoms. The first-order valence-electron chi connectivity index (χ1n) is 6.87. The number of aromatic nitrogens is 1. The Kier molecular flexibility index (Phi) is 3.99. The molecule has 5 heteroatoms. The van der Waals surface area contributed by atoms with E-state index in [0.29, 0.717) is 6.54 Å². The average molecular weight is 277 g/mol. The number of amides is 2. The zero-order valence-corrected chi connectivity index (χ0v) is 12.6. The Bertz CT molecular complexity index is 475. The largest absolute Gasteiger partial charge is 0.378 e. The van der Waals surface area contributed by atoms with Gasteiger partial charge in [0.2, 0.25) is 0 Å². The number of ether oxygens (including phenoxy) is 1. The van der Waals surface area contributed by atoms with Gasteiger partial charge in [0.1, 0.15) is 0 Å². The Labute approximate surface area is 120 Å². The van der Waals surface area contributed by atoms with E-state index in [4.69, 9.17) is 4.74 Å². The fourth-order valence-corrected chi connectivity index (χ4v) is 2.62. The molecule has 5 nitrogen and oxygen atoms in total. The maximum atomic E-state index is 11.9. The van der Waals surface area contributed by atoms with Crippen molar-refractivity contribution >= 4 is 6.03 Å². The highest BCUT2D eigenvalue weighted by atomic mass is 16.5. The maximum Gasteiger partial charge on any atom is 0.315 e. The van der Waals surface area contributed by atoms with Crippen LogP contribution in [0.2, 0.25) is 0 Å². The molecule has 1 aromatic rings. The molecule has 0 saturated heterocycles. The number of nitrogens with zero attached hydrogens (tertiary/aromatic N) is 1. The van der Waals surface area contributed by atoms with Crippen molar-refractivity contribution in [2.24, 2.45) is 5.41 Å². The lowest BCUT2D eigenvalue weighted by molar-refractivity contribution is -0.177. The Hall–Kier alpha value is -1.62. The minimum Gasteiger partial charge on any atom is -0.378 e. The molecule has 1 aliphatic carbocycles. The molecule has 2 N–H and O–H groups in total. The van der Waals surface area contributed by atoms with E-state index in [1.54, 1.807) is 19.5 Å². The molecular formula is C15H23N3O2. The molecule has 1 heterocycles. The van der Waals surface area contributed by atoms with Crippen LogP contribution in [0.15, 0.2) is 24.5 Å². The summed E-state index contributed by atoms with van der Waals surface area (Å²) in [7, 11) is 1.72. The fourth-order valence-electron chi connectivity index (χ4n) is 2.62. The van der Waals surface area contributed by atoms with E-state index in [0.717, 1.165) is 12.0 Å². The number of hydrogen-bond donors (Lipinski definition) is 2. The number of nitrogens with one attached hydrogen (secondary N) is 2. The lowest BCUT2D eigenvalue weighted by Crippen LogP contribution is -2.69. The van der Waals surface area contributed by atoms with Crippen molar-refractivity contribution in [1.82, 2.24) is 15.6 Å². The van der Waals surface area contributed by atoms with Crippen LogP contribution in [0.3, 0.4) is 0 Å². The second-order valence-corrected chi connectivity index (χ2v) is 6.10. The summed E-state index contributed by atoms with van der Waals surface area (Å²) in [6, 6.07) is 3.77. The first kappa shape index (κ1) is 14.8. The van der Waals surface area contributed by atoms with Crippen molar-refractivity contribution < 1.29 is 9.53 Å². The molecule has 1 saturated carbocycles. The lowest BCUT2D eigenvalue weighted by Gasteiger charge is -2.59. The number of rotatable bonds is 4. The first-order valence-corrected chi connectivity index (χ1v) is 6.87. The minimum absolute atomic E-state index is 0.0760. The topological polar surface area (TPSA) is 63.2 Å². The monoisotopic (exact) mass is 277 g/mol. The van der Waals surface area contributed by atoms with Crippen LogP contribution in [0.4, 0.5) is 4.79 Å². The van der Waals surface area contributed by atoms with Gasteiger partial charge in [-0.05, 0) is 25.0 Å². The van der Waals surface area contributed by atoms with Gasteiger partial charge in [0.15, 0.2) is 0 Å². The normalized spacial score (nSPS) is 27.5. The summed E-state index contributed by atoms with van der Waals surface area (Å²) in [5.74, 6) is 0. The second-order valence-electron chi connectivity index (χ2n) is 6.10. The predicted octanol–water partition coefficient (Wildman–Crippen LogP) is 2.08. The van der Waals surface area contributed by atoms with Crippen molar-refractivity contribution in [1.29, 1.82) is 0 Å². The third-order valence-corrected chi connectivity index (χ3v) is 4.76. The van der Waals surface area contributed by atoms with Crippen LogP contribution in [-0.2, 0) is 11.3 Å². The van der Waals surface area contributed by atoms with E-state index in [1.807, 2.05) is 12.1 Å². The smallest absolute Gasteiger partial charge is 0.315 e. The summed E-state index contributed by atoms with van der Waals surface area (Å²) in [6.07, 6.45) is 4.29. The van der Waals surface area contributed by atoms with E-state index in [2.05, 4.69) is 36.4 Å². The molecule has 1 fully saturated rings. The van der Waals surface area contributed by atoms with Gasteiger partial charge in [-0.3, -0.25) is 4.98 Å². The molecule has 2 unspecified atom stereocenters. The zero-order valence-electron chi connectivity index (χ0n) is 12.6. The van der Waals surface area contributed by atoms with Gasteiger partial charge in [0.25, 0.3) is 0 Å². The number of hydrogen-bond acceptors (Lipinski definition) is 3.